The first-order chi connectivity index (χ1) is 6.25. The largest absolute Gasteiger partial charge is 0.255 e. The third kappa shape index (κ3) is 1.56. The number of hydrogen-bond acceptors (Lipinski definition) is 2. The summed E-state index contributed by atoms with van der Waals surface area (Å²) in [5.74, 6) is 0.363. The first kappa shape index (κ1) is 7.91. The molecule has 0 unspecified atom stereocenters. The fourth-order valence-electron chi connectivity index (χ4n) is 1.07. The van der Waals surface area contributed by atoms with E-state index >= 15 is 0 Å². The standard InChI is InChI=1S/C9H8FN3/c1-13-6-11-9(12-13)7-2-4-8(10)5-3-7/h2-6H,1H3. The van der Waals surface area contributed by atoms with Crippen LogP contribution in [0.25, 0.3) is 11.4 Å². The van der Waals surface area contributed by atoms with Crippen molar-refractivity contribution in [2.75, 3.05) is 0 Å². The number of halogens is 1. The molecule has 0 radical (unpaired) electrons. The Hall–Kier alpha value is -1.71. The van der Waals surface area contributed by atoms with Gasteiger partial charge in [-0.05, 0) is 24.3 Å². The van der Waals surface area contributed by atoms with Crippen molar-refractivity contribution in [3.63, 3.8) is 0 Å². The van der Waals surface area contributed by atoms with Crippen molar-refractivity contribution in [3.05, 3.63) is 36.4 Å². The molecule has 0 spiro atoms. The van der Waals surface area contributed by atoms with Crippen LogP contribution in [-0.4, -0.2) is 14.8 Å². The van der Waals surface area contributed by atoms with E-state index in [1.165, 1.54) is 12.1 Å². The Bertz CT molecular complexity index is 405. The highest BCUT2D eigenvalue weighted by Crippen LogP contribution is 2.13. The smallest absolute Gasteiger partial charge is 0.181 e. The van der Waals surface area contributed by atoms with Gasteiger partial charge in [-0.1, -0.05) is 0 Å². The van der Waals surface area contributed by atoms with Crippen molar-refractivity contribution in [2.45, 2.75) is 0 Å². The van der Waals surface area contributed by atoms with Gasteiger partial charge in [0.25, 0.3) is 0 Å². The summed E-state index contributed by atoms with van der Waals surface area (Å²) in [5.41, 5.74) is 0.821. The van der Waals surface area contributed by atoms with Crippen LogP contribution in [0.3, 0.4) is 0 Å². The monoisotopic (exact) mass is 177 g/mol. The van der Waals surface area contributed by atoms with Gasteiger partial charge in [-0.15, -0.1) is 0 Å². The number of aryl methyl sites for hydroxylation is 1. The molecule has 2 rings (SSSR count). The molecule has 4 heteroatoms. The van der Waals surface area contributed by atoms with Gasteiger partial charge in [0, 0.05) is 12.6 Å². The van der Waals surface area contributed by atoms with Gasteiger partial charge < -0.3 is 0 Å². The maximum absolute atomic E-state index is 12.6. The van der Waals surface area contributed by atoms with Crippen LogP contribution in [0.1, 0.15) is 0 Å². The second kappa shape index (κ2) is 2.97. The lowest BCUT2D eigenvalue weighted by atomic mass is 10.2. The average Bonchev–Trinajstić information content (AvgIpc) is 2.53. The molecule has 0 saturated heterocycles. The van der Waals surface area contributed by atoms with Gasteiger partial charge in [-0.2, -0.15) is 5.10 Å². The Morgan fingerprint density at radius 3 is 2.46 bits per heavy atom. The predicted molar refractivity (Wildman–Crippen MR) is 46.4 cm³/mol. The summed E-state index contributed by atoms with van der Waals surface area (Å²) in [6, 6.07) is 6.10. The third-order valence-corrected chi connectivity index (χ3v) is 1.70. The summed E-state index contributed by atoms with van der Waals surface area (Å²) >= 11 is 0. The Labute approximate surface area is 74.8 Å². The Balaban J connectivity index is 2.41. The van der Waals surface area contributed by atoms with E-state index in [0.29, 0.717) is 5.82 Å². The Kier molecular flexibility index (Phi) is 1.81. The Morgan fingerprint density at radius 1 is 1.23 bits per heavy atom. The molecule has 1 heterocycles. The zero-order valence-corrected chi connectivity index (χ0v) is 7.11. The van der Waals surface area contributed by atoms with Crippen molar-refractivity contribution >= 4 is 0 Å². The highest BCUT2D eigenvalue weighted by atomic mass is 19.1. The maximum Gasteiger partial charge on any atom is 0.181 e. The molecule has 66 valence electrons. The molecular weight excluding hydrogens is 169 g/mol. The Morgan fingerprint density at radius 2 is 1.92 bits per heavy atom. The van der Waals surface area contributed by atoms with Crippen LogP contribution in [0.15, 0.2) is 30.6 Å². The average molecular weight is 177 g/mol. The van der Waals surface area contributed by atoms with Gasteiger partial charge in [0.1, 0.15) is 12.1 Å². The van der Waals surface area contributed by atoms with Gasteiger partial charge in [0.15, 0.2) is 5.82 Å². The second-order valence-electron chi connectivity index (χ2n) is 2.75. The molecule has 0 fully saturated rings. The fourth-order valence-corrected chi connectivity index (χ4v) is 1.07. The first-order valence-electron chi connectivity index (χ1n) is 3.87. The fraction of sp³-hybridized carbons (Fsp3) is 0.111. The number of rotatable bonds is 1. The summed E-state index contributed by atoms with van der Waals surface area (Å²) < 4.78 is 14.2. The van der Waals surface area contributed by atoms with E-state index in [-0.39, 0.29) is 5.82 Å². The van der Waals surface area contributed by atoms with Crippen LogP contribution < -0.4 is 0 Å². The van der Waals surface area contributed by atoms with Gasteiger partial charge in [-0.3, -0.25) is 4.68 Å². The van der Waals surface area contributed by atoms with E-state index in [4.69, 9.17) is 0 Å². The van der Waals surface area contributed by atoms with Crippen LogP contribution in [0, 0.1) is 5.82 Å². The van der Waals surface area contributed by atoms with Crippen LogP contribution in [0.4, 0.5) is 4.39 Å². The van der Waals surface area contributed by atoms with Gasteiger partial charge >= 0.3 is 0 Å². The molecule has 0 aliphatic rings. The van der Waals surface area contributed by atoms with Crippen LogP contribution in [-0.2, 0) is 7.05 Å². The quantitative estimate of drug-likeness (QED) is 0.662. The molecule has 0 saturated carbocycles. The molecule has 1 aromatic carbocycles. The molecular formula is C9H8FN3. The first-order valence-corrected chi connectivity index (χ1v) is 3.87. The van der Waals surface area contributed by atoms with E-state index in [1.54, 1.807) is 30.2 Å². The summed E-state index contributed by atoms with van der Waals surface area (Å²) in [6.07, 6.45) is 1.61. The summed E-state index contributed by atoms with van der Waals surface area (Å²) in [5, 5.41) is 4.09. The highest BCUT2D eigenvalue weighted by molar-refractivity contribution is 5.53. The minimum atomic E-state index is -0.250. The molecule has 0 aliphatic carbocycles. The van der Waals surface area contributed by atoms with Gasteiger partial charge in [0.2, 0.25) is 0 Å². The minimum Gasteiger partial charge on any atom is -0.255 e. The summed E-state index contributed by atoms with van der Waals surface area (Å²) in [6.45, 7) is 0. The molecule has 0 aliphatic heterocycles. The van der Waals surface area contributed by atoms with Crippen LogP contribution in [0.2, 0.25) is 0 Å². The van der Waals surface area contributed by atoms with Crippen molar-refractivity contribution in [3.8, 4) is 11.4 Å². The highest BCUT2D eigenvalue weighted by Gasteiger charge is 2.01. The number of aromatic nitrogens is 3. The van der Waals surface area contributed by atoms with Crippen LogP contribution >= 0.6 is 0 Å². The molecule has 0 N–H and O–H groups in total. The topological polar surface area (TPSA) is 30.7 Å². The molecule has 0 amide bonds. The lowest BCUT2D eigenvalue weighted by Gasteiger charge is -1.93. The van der Waals surface area contributed by atoms with Crippen molar-refractivity contribution < 1.29 is 4.39 Å². The van der Waals surface area contributed by atoms with E-state index in [0.717, 1.165) is 5.56 Å². The molecule has 3 nitrogen and oxygen atoms in total. The van der Waals surface area contributed by atoms with E-state index in [9.17, 15) is 4.39 Å². The molecule has 2 aromatic rings. The normalized spacial score (nSPS) is 10.3. The molecule has 0 bridgehead atoms. The van der Waals surface area contributed by atoms with Crippen molar-refractivity contribution in [1.82, 2.24) is 14.8 Å². The third-order valence-electron chi connectivity index (χ3n) is 1.70. The summed E-state index contributed by atoms with van der Waals surface area (Å²) in [7, 11) is 1.79. The zero-order chi connectivity index (χ0) is 9.26. The van der Waals surface area contributed by atoms with E-state index in [1.807, 2.05) is 0 Å². The van der Waals surface area contributed by atoms with Crippen molar-refractivity contribution in [1.29, 1.82) is 0 Å². The molecule has 1 aromatic heterocycles. The maximum atomic E-state index is 12.6. The van der Waals surface area contributed by atoms with E-state index in [2.05, 4.69) is 10.1 Å². The lowest BCUT2D eigenvalue weighted by Crippen LogP contribution is -1.87. The lowest BCUT2D eigenvalue weighted by molar-refractivity contribution is 0.628. The number of hydrogen-bond donors (Lipinski definition) is 0. The SMILES string of the molecule is Cn1cnc(-c2ccc(F)cc2)n1. The number of nitrogens with zero attached hydrogens (tertiary/aromatic N) is 3. The van der Waals surface area contributed by atoms with Gasteiger partial charge in [-0.25, -0.2) is 9.37 Å². The van der Waals surface area contributed by atoms with Crippen LogP contribution in [0.5, 0.6) is 0 Å². The van der Waals surface area contributed by atoms with Crippen molar-refractivity contribution in [2.24, 2.45) is 7.05 Å². The minimum absolute atomic E-state index is 0.250. The van der Waals surface area contributed by atoms with Gasteiger partial charge in [0.05, 0.1) is 0 Å². The van der Waals surface area contributed by atoms with E-state index < -0.39 is 0 Å². The molecule has 0 atom stereocenters. The molecule has 13 heavy (non-hydrogen) atoms. The zero-order valence-electron chi connectivity index (χ0n) is 7.11. The summed E-state index contributed by atoms with van der Waals surface area (Å²) in [4.78, 5) is 4.05. The second-order valence-corrected chi connectivity index (χ2v) is 2.75. The predicted octanol–water partition coefficient (Wildman–Crippen LogP) is 1.62. The number of benzene rings is 1.